The van der Waals surface area contributed by atoms with E-state index in [2.05, 4.69) is 70.8 Å². The predicted molar refractivity (Wildman–Crippen MR) is 91.7 cm³/mol. The number of rotatable bonds is 3. The van der Waals surface area contributed by atoms with Gasteiger partial charge in [0.1, 0.15) is 0 Å². The Morgan fingerprint density at radius 1 is 1.05 bits per heavy atom. The van der Waals surface area contributed by atoms with Gasteiger partial charge in [0, 0.05) is 11.1 Å². The first kappa shape index (κ1) is 16.0. The highest BCUT2D eigenvalue weighted by Gasteiger charge is 2.20. The minimum absolute atomic E-state index is 0.110. The van der Waals surface area contributed by atoms with Crippen molar-refractivity contribution in [3.63, 3.8) is 0 Å². The van der Waals surface area contributed by atoms with Crippen LogP contribution in [0.5, 0.6) is 0 Å². The lowest BCUT2D eigenvalue weighted by molar-refractivity contribution is 0.378. The summed E-state index contributed by atoms with van der Waals surface area (Å²) in [5.74, 6) is 0. The lowest BCUT2D eigenvalue weighted by Crippen LogP contribution is -2.26. The molecule has 0 bridgehead atoms. The van der Waals surface area contributed by atoms with Gasteiger partial charge in [0.15, 0.2) is 0 Å². The van der Waals surface area contributed by atoms with Crippen LogP contribution >= 0.6 is 0 Å². The Kier molecular flexibility index (Phi) is 4.12. The van der Waals surface area contributed by atoms with Crippen LogP contribution in [0.2, 0.25) is 0 Å². The van der Waals surface area contributed by atoms with Crippen molar-refractivity contribution >= 4 is 10.9 Å². The first-order valence-electron chi connectivity index (χ1n) is 7.73. The van der Waals surface area contributed by atoms with Crippen molar-refractivity contribution in [2.75, 3.05) is 6.54 Å². The Morgan fingerprint density at radius 3 is 2.29 bits per heavy atom. The number of hydrogen-bond donors (Lipinski definition) is 1. The highest BCUT2D eigenvalue weighted by Crippen LogP contribution is 2.30. The summed E-state index contributed by atoms with van der Waals surface area (Å²) in [6.45, 7) is 14.0. The summed E-state index contributed by atoms with van der Waals surface area (Å²) >= 11 is 0. The largest absolute Gasteiger partial charge is 0.330 e. The summed E-state index contributed by atoms with van der Waals surface area (Å²) in [6.07, 6.45) is 0.983. The summed E-state index contributed by atoms with van der Waals surface area (Å²) in [6, 6.07) is 8.88. The van der Waals surface area contributed by atoms with Crippen molar-refractivity contribution in [3.8, 4) is 0 Å². The number of aromatic nitrogens is 1. The zero-order chi connectivity index (χ0) is 15.8. The Hall–Kier alpha value is -1.41. The van der Waals surface area contributed by atoms with Crippen LogP contribution in [0.25, 0.3) is 10.9 Å². The quantitative estimate of drug-likeness (QED) is 0.909. The number of fused-ring (bicyclic) bond motifs is 1. The third-order valence-corrected chi connectivity index (χ3v) is 4.11. The Labute approximate surface area is 128 Å². The normalized spacial score (nSPS) is 12.9. The van der Waals surface area contributed by atoms with Gasteiger partial charge in [-0.3, -0.25) is 4.98 Å². The van der Waals surface area contributed by atoms with Crippen LogP contribution in [-0.4, -0.2) is 11.5 Å². The number of nitrogens with zero attached hydrogens (tertiary/aromatic N) is 1. The van der Waals surface area contributed by atoms with Gasteiger partial charge in [0.25, 0.3) is 0 Å². The smallest absolute Gasteiger partial charge is 0.0708 e. The molecule has 0 fully saturated rings. The van der Waals surface area contributed by atoms with Gasteiger partial charge in [-0.2, -0.15) is 0 Å². The van der Waals surface area contributed by atoms with Gasteiger partial charge < -0.3 is 5.73 Å². The first-order valence-corrected chi connectivity index (χ1v) is 7.73. The lowest BCUT2D eigenvalue weighted by atomic mass is 9.82. The predicted octanol–water partition coefficient (Wildman–Crippen LogP) is 4.37. The van der Waals surface area contributed by atoms with E-state index in [0.29, 0.717) is 6.54 Å². The monoisotopic (exact) mass is 284 g/mol. The second-order valence-electron chi connectivity index (χ2n) is 7.95. The SMILES string of the molecule is Cc1cc(CC(C)(C)CN)c2cc(C(C)(C)C)ccc2n1. The molecule has 2 nitrogen and oxygen atoms in total. The van der Waals surface area contributed by atoms with Crippen LogP contribution in [0.1, 0.15) is 51.4 Å². The molecular formula is C19H28N2. The molecular weight excluding hydrogens is 256 g/mol. The number of hydrogen-bond acceptors (Lipinski definition) is 2. The van der Waals surface area contributed by atoms with Crippen LogP contribution in [0.15, 0.2) is 24.3 Å². The lowest BCUT2D eigenvalue weighted by Gasteiger charge is -2.24. The molecule has 0 saturated heterocycles. The fourth-order valence-electron chi connectivity index (χ4n) is 2.64. The summed E-state index contributed by atoms with van der Waals surface area (Å²) < 4.78 is 0. The average Bonchev–Trinajstić information content (AvgIpc) is 2.36. The van der Waals surface area contributed by atoms with E-state index in [9.17, 15) is 0 Å². The molecule has 0 spiro atoms. The standard InChI is InChI=1S/C19H28N2/c1-13-9-14(11-19(5,6)12-20)16-10-15(18(2,3)4)7-8-17(16)21-13/h7-10H,11-12,20H2,1-6H3. The van der Waals surface area contributed by atoms with Crippen LogP contribution in [0.3, 0.4) is 0 Å². The zero-order valence-electron chi connectivity index (χ0n) is 14.2. The van der Waals surface area contributed by atoms with Crippen molar-refractivity contribution in [2.45, 2.75) is 53.4 Å². The fraction of sp³-hybridized carbons (Fsp3) is 0.526. The molecule has 0 aliphatic carbocycles. The highest BCUT2D eigenvalue weighted by molar-refractivity contribution is 5.83. The van der Waals surface area contributed by atoms with Gasteiger partial charge >= 0.3 is 0 Å². The van der Waals surface area contributed by atoms with Crippen molar-refractivity contribution in [1.82, 2.24) is 4.98 Å². The van der Waals surface area contributed by atoms with E-state index in [-0.39, 0.29) is 10.8 Å². The van der Waals surface area contributed by atoms with E-state index in [1.165, 1.54) is 16.5 Å². The van der Waals surface area contributed by atoms with Gasteiger partial charge in [-0.05, 0) is 60.0 Å². The zero-order valence-corrected chi connectivity index (χ0v) is 14.2. The molecule has 21 heavy (non-hydrogen) atoms. The summed E-state index contributed by atoms with van der Waals surface area (Å²) in [5.41, 5.74) is 11.1. The van der Waals surface area contributed by atoms with Crippen LogP contribution in [-0.2, 0) is 11.8 Å². The molecule has 0 atom stereocenters. The Balaban J connectivity index is 2.62. The van der Waals surface area contributed by atoms with E-state index >= 15 is 0 Å². The number of aryl methyl sites for hydroxylation is 1. The molecule has 2 aromatic rings. The third-order valence-electron chi connectivity index (χ3n) is 4.11. The van der Waals surface area contributed by atoms with Crippen LogP contribution in [0, 0.1) is 12.3 Å². The molecule has 2 N–H and O–H groups in total. The molecule has 0 aliphatic rings. The van der Waals surface area contributed by atoms with Crippen molar-refractivity contribution in [3.05, 3.63) is 41.1 Å². The first-order chi connectivity index (χ1) is 9.62. The second kappa shape index (κ2) is 5.42. The van der Waals surface area contributed by atoms with E-state index < -0.39 is 0 Å². The molecule has 1 heterocycles. The molecule has 0 aliphatic heterocycles. The molecule has 2 rings (SSSR count). The third kappa shape index (κ3) is 3.62. The molecule has 1 aromatic carbocycles. The average molecular weight is 284 g/mol. The Bertz CT molecular complexity index is 648. The molecule has 114 valence electrons. The summed E-state index contributed by atoms with van der Waals surface area (Å²) in [5, 5.41) is 1.27. The number of benzene rings is 1. The van der Waals surface area contributed by atoms with E-state index in [1.807, 2.05) is 0 Å². The molecule has 0 radical (unpaired) electrons. The Morgan fingerprint density at radius 2 is 1.71 bits per heavy atom. The van der Waals surface area contributed by atoms with Crippen LogP contribution < -0.4 is 5.73 Å². The summed E-state index contributed by atoms with van der Waals surface area (Å²) in [7, 11) is 0. The minimum atomic E-state index is 0.110. The maximum absolute atomic E-state index is 5.92. The molecule has 1 aromatic heterocycles. The summed E-state index contributed by atoms with van der Waals surface area (Å²) in [4.78, 5) is 4.68. The van der Waals surface area contributed by atoms with Crippen molar-refractivity contribution in [2.24, 2.45) is 11.1 Å². The number of nitrogens with two attached hydrogens (primary N) is 1. The van der Waals surface area contributed by atoms with Crippen molar-refractivity contribution < 1.29 is 0 Å². The highest BCUT2D eigenvalue weighted by atomic mass is 14.7. The van der Waals surface area contributed by atoms with Gasteiger partial charge in [0.2, 0.25) is 0 Å². The van der Waals surface area contributed by atoms with Gasteiger partial charge in [0.05, 0.1) is 5.52 Å². The molecule has 0 saturated carbocycles. The fourth-order valence-corrected chi connectivity index (χ4v) is 2.64. The van der Waals surface area contributed by atoms with E-state index in [0.717, 1.165) is 17.6 Å². The van der Waals surface area contributed by atoms with Gasteiger partial charge in [-0.25, -0.2) is 0 Å². The van der Waals surface area contributed by atoms with E-state index in [1.54, 1.807) is 0 Å². The van der Waals surface area contributed by atoms with Crippen LogP contribution in [0.4, 0.5) is 0 Å². The molecule has 0 amide bonds. The minimum Gasteiger partial charge on any atom is -0.330 e. The maximum Gasteiger partial charge on any atom is 0.0708 e. The van der Waals surface area contributed by atoms with Gasteiger partial charge in [-0.15, -0.1) is 0 Å². The molecule has 0 unspecified atom stereocenters. The number of pyridine rings is 1. The van der Waals surface area contributed by atoms with E-state index in [4.69, 9.17) is 5.73 Å². The topological polar surface area (TPSA) is 38.9 Å². The van der Waals surface area contributed by atoms with Gasteiger partial charge in [-0.1, -0.05) is 40.7 Å². The maximum atomic E-state index is 5.92. The van der Waals surface area contributed by atoms with Crippen molar-refractivity contribution in [1.29, 1.82) is 0 Å². The molecule has 2 heteroatoms. The second-order valence-corrected chi connectivity index (χ2v) is 7.95.